The summed E-state index contributed by atoms with van der Waals surface area (Å²) in [5, 5.41) is 7.89. The fraction of sp³-hybridized carbons (Fsp3) is 0.562. The summed E-state index contributed by atoms with van der Waals surface area (Å²) in [4.78, 5) is 2.52. The van der Waals surface area contributed by atoms with Gasteiger partial charge in [-0.2, -0.15) is 0 Å². The summed E-state index contributed by atoms with van der Waals surface area (Å²) in [7, 11) is 0. The second kappa shape index (κ2) is 5.76. The molecule has 2 atom stereocenters. The fourth-order valence-corrected chi connectivity index (χ4v) is 4.51. The Morgan fingerprint density at radius 2 is 1.95 bits per heavy atom. The van der Waals surface area contributed by atoms with E-state index in [1.165, 1.54) is 38.5 Å². The van der Waals surface area contributed by atoms with E-state index in [1.54, 1.807) is 0 Å². The van der Waals surface area contributed by atoms with Crippen molar-refractivity contribution in [2.45, 2.75) is 44.6 Å². The van der Waals surface area contributed by atoms with E-state index in [9.17, 15) is 0 Å². The van der Waals surface area contributed by atoms with E-state index in [0.717, 1.165) is 28.2 Å². The molecule has 1 aliphatic carbocycles. The van der Waals surface area contributed by atoms with E-state index in [1.807, 2.05) is 6.07 Å². The molecule has 1 saturated heterocycles. The first-order valence-corrected chi connectivity index (χ1v) is 8.37. The summed E-state index contributed by atoms with van der Waals surface area (Å²) in [5.74, 6) is 0.988. The third kappa shape index (κ3) is 2.46. The molecule has 3 N–H and O–H groups in total. The number of nitrogens with two attached hydrogens (primary N) is 1. The van der Waals surface area contributed by atoms with Gasteiger partial charge in [-0.3, -0.25) is 5.41 Å². The van der Waals surface area contributed by atoms with Crippen LogP contribution in [0.1, 0.15) is 44.1 Å². The molecule has 3 nitrogen and oxygen atoms in total. The molecule has 0 spiro atoms. The number of piperidine rings is 1. The minimum atomic E-state index is 0.158. The average molecular weight is 336 g/mol. The van der Waals surface area contributed by atoms with Gasteiger partial charge in [0.1, 0.15) is 5.84 Å². The molecule has 1 aromatic rings. The van der Waals surface area contributed by atoms with Crippen molar-refractivity contribution in [2.75, 3.05) is 11.4 Å². The predicted molar refractivity (Wildman–Crippen MR) is 87.5 cm³/mol. The summed E-state index contributed by atoms with van der Waals surface area (Å²) < 4.78 is 0.931. The van der Waals surface area contributed by atoms with Crippen molar-refractivity contribution in [1.82, 2.24) is 0 Å². The van der Waals surface area contributed by atoms with Crippen LogP contribution in [0, 0.1) is 11.3 Å². The number of rotatable bonds is 2. The molecule has 1 heterocycles. The lowest BCUT2D eigenvalue weighted by atomic mass is 9.78. The number of benzene rings is 1. The van der Waals surface area contributed by atoms with Crippen molar-refractivity contribution in [2.24, 2.45) is 11.7 Å². The molecule has 2 fully saturated rings. The number of halogens is 1. The highest BCUT2D eigenvalue weighted by Crippen LogP contribution is 2.39. The Bertz CT molecular complexity index is 512. The van der Waals surface area contributed by atoms with E-state index < -0.39 is 0 Å². The van der Waals surface area contributed by atoms with E-state index in [4.69, 9.17) is 11.1 Å². The molecule has 1 aromatic carbocycles. The highest BCUT2D eigenvalue weighted by molar-refractivity contribution is 9.10. The lowest BCUT2D eigenvalue weighted by Gasteiger charge is -2.46. The highest BCUT2D eigenvalue weighted by atomic mass is 79.9. The Morgan fingerprint density at radius 1 is 1.20 bits per heavy atom. The fourth-order valence-electron chi connectivity index (χ4n) is 3.94. The Kier molecular flexibility index (Phi) is 4.01. The summed E-state index contributed by atoms with van der Waals surface area (Å²) >= 11 is 3.55. The van der Waals surface area contributed by atoms with Gasteiger partial charge in [0, 0.05) is 22.7 Å². The van der Waals surface area contributed by atoms with Crippen LogP contribution in [0.4, 0.5) is 5.69 Å². The molecule has 20 heavy (non-hydrogen) atoms. The number of fused-ring (bicyclic) bond motifs is 1. The van der Waals surface area contributed by atoms with Crippen LogP contribution in [0.25, 0.3) is 0 Å². The third-order valence-corrected chi connectivity index (χ3v) is 5.47. The quantitative estimate of drug-likeness (QED) is 0.636. The molecular formula is C16H22BrN3. The van der Waals surface area contributed by atoms with Crippen LogP contribution in [0.3, 0.4) is 0 Å². The van der Waals surface area contributed by atoms with Crippen LogP contribution in [-0.2, 0) is 0 Å². The molecule has 3 rings (SSSR count). The minimum Gasteiger partial charge on any atom is -0.384 e. The first-order valence-electron chi connectivity index (χ1n) is 7.58. The predicted octanol–water partition coefficient (Wildman–Crippen LogP) is 3.89. The van der Waals surface area contributed by atoms with Gasteiger partial charge in [0.15, 0.2) is 0 Å². The van der Waals surface area contributed by atoms with Crippen molar-refractivity contribution in [3.8, 4) is 0 Å². The molecule has 0 radical (unpaired) electrons. The monoisotopic (exact) mass is 335 g/mol. The SMILES string of the molecule is N=C(N)c1c(Br)cccc1N1CCC[C@H]2CCCC[C@H]21. The van der Waals surface area contributed by atoms with Crippen LogP contribution in [0.2, 0.25) is 0 Å². The number of nitrogens with one attached hydrogen (secondary N) is 1. The number of nitrogens with zero attached hydrogens (tertiary/aromatic N) is 1. The van der Waals surface area contributed by atoms with Gasteiger partial charge in [0.05, 0.1) is 5.56 Å². The summed E-state index contributed by atoms with van der Waals surface area (Å²) in [6.07, 6.45) is 7.99. The van der Waals surface area contributed by atoms with Crippen molar-refractivity contribution in [1.29, 1.82) is 5.41 Å². The molecule has 1 aliphatic heterocycles. The lowest BCUT2D eigenvalue weighted by Crippen LogP contribution is -2.47. The van der Waals surface area contributed by atoms with Gasteiger partial charge >= 0.3 is 0 Å². The van der Waals surface area contributed by atoms with Gasteiger partial charge < -0.3 is 10.6 Å². The van der Waals surface area contributed by atoms with Crippen LogP contribution in [-0.4, -0.2) is 18.4 Å². The Labute approximate surface area is 129 Å². The van der Waals surface area contributed by atoms with Gasteiger partial charge in [0.2, 0.25) is 0 Å². The van der Waals surface area contributed by atoms with Crippen LogP contribution in [0.5, 0.6) is 0 Å². The number of nitrogen functional groups attached to an aromatic ring is 1. The Balaban J connectivity index is 1.99. The number of anilines is 1. The second-order valence-electron chi connectivity index (χ2n) is 6.00. The molecule has 0 unspecified atom stereocenters. The third-order valence-electron chi connectivity index (χ3n) is 4.81. The molecule has 0 bridgehead atoms. The van der Waals surface area contributed by atoms with Gasteiger partial charge in [-0.15, -0.1) is 0 Å². The maximum absolute atomic E-state index is 7.89. The van der Waals surface area contributed by atoms with Gasteiger partial charge in [0.25, 0.3) is 0 Å². The maximum atomic E-state index is 7.89. The van der Waals surface area contributed by atoms with Gasteiger partial charge in [-0.25, -0.2) is 0 Å². The molecule has 2 aliphatic rings. The summed E-state index contributed by atoms with van der Waals surface area (Å²) in [6.45, 7) is 1.10. The van der Waals surface area contributed by atoms with E-state index in [-0.39, 0.29) is 5.84 Å². The normalized spacial score (nSPS) is 26.1. The largest absolute Gasteiger partial charge is 0.384 e. The number of hydrogen-bond donors (Lipinski definition) is 2. The first-order chi connectivity index (χ1) is 9.68. The van der Waals surface area contributed by atoms with Crippen molar-refractivity contribution < 1.29 is 0 Å². The first kappa shape index (κ1) is 13.9. The van der Waals surface area contributed by atoms with E-state index in [2.05, 4.69) is 33.0 Å². The molecule has 4 heteroatoms. The zero-order valence-corrected chi connectivity index (χ0v) is 13.3. The molecular weight excluding hydrogens is 314 g/mol. The average Bonchev–Trinajstić information content (AvgIpc) is 2.46. The number of hydrogen-bond acceptors (Lipinski definition) is 2. The number of amidine groups is 1. The Morgan fingerprint density at radius 3 is 2.75 bits per heavy atom. The van der Waals surface area contributed by atoms with Crippen LogP contribution in [0.15, 0.2) is 22.7 Å². The standard InChI is InChI=1S/C16H22BrN3/c17-12-7-3-9-14(15(12)16(18)19)20-10-4-6-11-5-1-2-8-13(11)20/h3,7,9,11,13H,1-2,4-6,8,10H2,(H3,18,19)/t11-,13-/m1/s1. The zero-order valence-electron chi connectivity index (χ0n) is 11.7. The van der Waals surface area contributed by atoms with E-state index in [0.29, 0.717) is 6.04 Å². The van der Waals surface area contributed by atoms with Crippen molar-refractivity contribution in [3.05, 3.63) is 28.2 Å². The second-order valence-corrected chi connectivity index (χ2v) is 6.85. The topological polar surface area (TPSA) is 53.1 Å². The zero-order chi connectivity index (χ0) is 14.1. The summed E-state index contributed by atoms with van der Waals surface area (Å²) in [6, 6.07) is 6.80. The molecule has 1 saturated carbocycles. The van der Waals surface area contributed by atoms with Crippen molar-refractivity contribution in [3.63, 3.8) is 0 Å². The molecule has 108 valence electrons. The van der Waals surface area contributed by atoms with Gasteiger partial charge in [-0.1, -0.05) is 18.9 Å². The van der Waals surface area contributed by atoms with Crippen LogP contribution < -0.4 is 10.6 Å². The Hall–Kier alpha value is -1.03. The summed E-state index contributed by atoms with van der Waals surface area (Å²) in [5.41, 5.74) is 7.82. The highest BCUT2D eigenvalue weighted by Gasteiger charge is 2.34. The van der Waals surface area contributed by atoms with Gasteiger partial charge in [-0.05, 0) is 59.7 Å². The van der Waals surface area contributed by atoms with Crippen LogP contribution >= 0.6 is 15.9 Å². The van der Waals surface area contributed by atoms with E-state index >= 15 is 0 Å². The molecule has 0 amide bonds. The molecule has 0 aromatic heterocycles. The minimum absolute atomic E-state index is 0.158. The van der Waals surface area contributed by atoms with Crippen molar-refractivity contribution >= 4 is 27.5 Å². The lowest BCUT2D eigenvalue weighted by molar-refractivity contribution is 0.244. The maximum Gasteiger partial charge on any atom is 0.126 e. The smallest absolute Gasteiger partial charge is 0.126 e.